The molecular formula is C19H33ClN2O3S. The first-order chi connectivity index (χ1) is 11.8. The highest BCUT2D eigenvalue weighted by Gasteiger charge is 2.51. The summed E-state index contributed by atoms with van der Waals surface area (Å²) in [5.74, 6) is 2.47. The summed E-state index contributed by atoms with van der Waals surface area (Å²) in [4.78, 5) is 12.8. The number of carbonyl (C=O) groups is 1. The average Bonchev–Trinajstić information content (AvgIpc) is 2.53. The molecular weight excluding hydrogens is 372 g/mol. The van der Waals surface area contributed by atoms with Crippen LogP contribution in [0.4, 0.5) is 0 Å². The molecule has 0 aromatic heterocycles. The van der Waals surface area contributed by atoms with E-state index in [0.29, 0.717) is 37.9 Å². The van der Waals surface area contributed by atoms with Crippen molar-refractivity contribution >= 4 is 28.2 Å². The normalized spacial score (nSPS) is 37.8. The van der Waals surface area contributed by atoms with E-state index in [1.54, 1.807) is 0 Å². The maximum absolute atomic E-state index is 12.8. The lowest BCUT2D eigenvalue weighted by Crippen LogP contribution is -2.57. The molecule has 5 rings (SSSR count). The van der Waals surface area contributed by atoms with E-state index in [1.165, 1.54) is 44.8 Å². The zero-order chi connectivity index (χ0) is 17.7. The van der Waals surface area contributed by atoms with Crippen LogP contribution in [0.2, 0.25) is 0 Å². The summed E-state index contributed by atoms with van der Waals surface area (Å²) in [5.41, 5.74) is 0.425. The number of hydrogen-bond acceptors (Lipinski definition) is 4. The van der Waals surface area contributed by atoms with Crippen molar-refractivity contribution in [1.29, 1.82) is 0 Å². The fourth-order valence-electron chi connectivity index (χ4n) is 6.80. The lowest BCUT2D eigenvalue weighted by molar-refractivity contribution is -0.124. The Balaban J connectivity index is 0.00000196. The first-order valence-corrected chi connectivity index (χ1v) is 11.9. The number of sulfone groups is 1. The van der Waals surface area contributed by atoms with Crippen molar-refractivity contribution < 1.29 is 13.2 Å². The molecule has 1 aliphatic heterocycles. The Kier molecular flexibility index (Phi) is 5.69. The second kappa shape index (κ2) is 7.25. The standard InChI is InChI=1S/C19H32N2O3S.ClH/c1-25(23,24)19(3-5-20-6-4-19)17(22)21-7-2-18-11-14-8-15(12-18)10-16(9-14)13-18;/h14-16,20H,2-13H2,1H3,(H,21,22);1H. The van der Waals surface area contributed by atoms with Gasteiger partial charge in [-0.05, 0) is 94.0 Å². The Bertz CT molecular complexity index is 608. The van der Waals surface area contributed by atoms with E-state index in [9.17, 15) is 13.2 Å². The van der Waals surface area contributed by atoms with Gasteiger partial charge in [-0.2, -0.15) is 0 Å². The molecule has 1 amide bonds. The number of rotatable bonds is 5. The van der Waals surface area contributed by atoms with Crippen molar-refractivity contribution in [1.82, 2.24) is 10.6 Å². The Morgan fingerprint density at radius 3 is 2.00 bits per heavy atom. The fourth-order valence-corrected chi connectivity index (χ4v) is 8.15. The van der Waals surface area contributed by atoms with E-state index < -0.39 is 14.6 Å². The van der Waals surface area contributed by atoms with Gasteiger partial charge in [-0.3, -0.25) is 4.79 Å². The number of amides is 1. The van der Waals surface area contributed by atoms with Crippen LogP contribution in [0.3, 0.4) is 0 Å². The Morgan fingerprint density at radius 2 is 1.54 bits per heavy atom. The quantitative estimate of drug-likeness (QED) is 0.737. The molecule has 1 heterocycles. The van der Waals surface area contributed by atoms with Crippen LogP contribution in [0.5, 0.6) is 0 Å². The maximum Gasteiger partial charge on any atom is 0.241 e. The predicted molar refractivity (Wildman–Crippen MR) is 105 cm³/mol. The summed E-state index contributed by atoms with van der Waals surface area (Å²) < 4.78 is 23.5. The molecule has 1 saturated heterocycles. The molecule has 0 unspecified atom stereocenters. The molecule has 0 spiro atoms. The van der Waals surface area contributed by atoms with Crippen LogP contribution in [0.1, 0.15) is 57.8 Å². The highest BCUT2D eigenvalue weighted by molar-refractivity contribution is 7.92. The first kappa shape index (κ1) is 20.4. The summed E-state index contributed by atoms with van der Waals surface area (Å²) in [7, 11) is -3.41. The van der Waals surface area contributed by atoms with Gasteiger partial charge in [0.1, 0.15) is 0 Å². The minimum Gasteiger partial charge on any atom is -0.355 e. The van der Waals surface area contributed by atoms with Gasteiger partial charge < -0.3 is 10.6 Å². The number of carbonyl (C=O) groups excluding carboxylic acids is 1. The number of nitrogens with one attached hydrogen (secondary N) is 2. The summed E-state index contributed by atoms with van der Waals surface area (Å²) in [6.07, 6.45) is 11.3. The second-order valence-corrected chi connectivity index (χ2v) is 11.8. The Hall–Kier alpha value is -0.330. The largest absolute Gasteiger partial charge is 0.355 e. The molecule has 5 nitrogen and oxygen atoms in total. The monoisotopic (exact) mass is 404 g/mol. The molecule has 2 N–H and O–H groups in total. The van der Waals surface area contributed by atoms with Crippen molar-refractivity contribution in [3.63, 3.8) is 0 Å². The molecule has 4 aliphatic carbocycles. The minimum atomic E-state index is -3.41. The van der Waals surface area contributed by atoms with E-state index in [0.717, 1.165) is 24.2 Å². The van der Waals surface area contributed by atoms with Gasteiger partial charge in [0.15, 0.2) is 14.6 Å². The van der Waals surface area contributed by atoms with Gasteiger partial charge in [0.2, 0.25) is 5.91 Å². The van der Waals surface area contributed by atoms with Crippen molar-refractivity contribution in [3.05, 3.63) is 0 Å². The smallest absolute Gasteiger partial charge is 0.241 e. The van der Waals surface area contributed by atoms with Gasteiger partial charge in [0, 0.05) is 12.8 Å². The third kappa shape index (κ3) is 3.53. The highest BCUT2D eigenvalue weighted by atomic mass is 35.5. The molecule has 5 fully saturated rings. The molecule has 0 radical (unpaired) electrons. The zero-order valence-corrected chi connectivity index (χ0v) is 17.4. The van der Waals surface area contributed by atoms with E-state index in [1.807, 2.05) is 0 Å². The predicted octanol–water partition coefficient (Wildman–Crippen LogP) is 2.30. The lowest BCUT2D eigenvalue weighted by Gasteiger charge is -2.57. The molecule has 150 valence electrons. The number of halogens is 1. The summed E-state index contributed by atoms with van der Waals surface area (Å²) in [6.45, 7) is 1.82. The van der Waals surface area contributed by atoms with Gasteiger partial charge in [-0.1, -0.05) is 0 Å². The van der Waals surface area contributed by atoms with Crippen LogP contribution in [-0.4, -0.2) is 45.0 Å². The van der Waals surface area contributed by atoms with Crippen molar-refractivity contribution in [2.75, 3.05) is 25.9 Å². The van der Waals surface area contributed by atoms with Crippen LogP contribution >= 0.6 is 12.4 Å². The SMILES string of the molecule is CS(=O)(=O)C1(C(=O)NCCC23CC4CC(CC(C4)C2)C3)CCNCC1.Cl. The molecule has 0 aromatic carbocycles. The highest BCUT2D eigenvalue weighted by Crippen LogP contribution is 2.61. The molecule has 7 heteroatoms. The van der Waals surface area contributed by atoms with Crippen LogP contribution < -0.4 is 10.6 Å². The summed E-state index contributed by atoms with van der Waals surface area (Å²) >= 11 is 0. The van der Waals surface area contributed by atoms with Crippen molar-refractivity contribution in [3.8, 4) is 0 Å². The second-order valence-electron chi connectivity index (χ2n) is 9.44. The molecule has 4 saturated carbocycles. The van der Waals surface area contributed by atoms with E-state index >= 15 is 0 Å². The topological polar surface area (TPSA) is 75.3 Å². The van der Waals surface area contributed by atoms with Gasteiger partial charge in [-0.15, -0.1) is 12.4 Å². The third-order valence-corrected chi connectivity index (χ3v) is 9.65. The molecule has 0 aromatic rings. The zero-order valence-electron chi connectivity index (χ0n) is 15.8. The first-order valence-electron chi connectivity index (χ1n) is 10.0. The summed E-state index contributed by atoms with van der Waals surface area (Å²) in [6, 6.07) is 0. The fraction of sp³-hybridized carbons (Fsp3) is 0.947. The van der Waals surface area contributed by atoms with Gasteiger partial charge in [-0.25, -0.2) is 8.42 Å². The van der Waals surface area contributed by atoms with E-state index in [4.69, 9.17) is 0 Å². The molecule has 5 aliphatic rings. The Morgan fingerprint density at radius 1 is 1.04 bits per heavy atom. The van der Waals surface area contributed by atoms with Crippen molar-refractivity contribution in [2.45, 2.75) is 62.5 Å². The minimum absolute atomic E-state index is 0. The lowest BCUT2D eigenvalue weighted by atomic mass is 9.49. The molecule has 0 atom stereocenters. The molecule has 4 bridgehead atoms. The van der Waals surface area contributed by atoms with E-state index in [-0.39, 0.29) is 18.3 Å². The molecule has 26 heavy (non-hydrogen) atoms. The maximum atomic E-state index is 12.8. The van der Waals surface area contributed by atoms with Gasteiger partial charge >= 0.3 is 0 Å². The van der Waals surface area contributed by atoms with Crippen molar-refractivity contribution in [2.24, 2.45) is 23.2 Å². The Labute approximate surface area is 163 Å². The third-order valence-electron chi connectivity index (χ3n) is 7.64. The van der Waals surface area contributed by atoms with Crippen LogP contribution in [0.15, 0.2) is 0 Å². The summed E-state index contributed by atoms with van der Waals surface area (Å²) in [5, 5.41) is 6.20. The van der Waals surface area contributed by atoms with Gasteiger partial charge in [0.05, 0.1) is 0 Å². The van der Waals surface area contributed by atoms with E-state index in [2.05, 4.69) is 10.6 Å². The average molecular weight is 405 g/mol. The van der Waals surface area contributed by atoms with Crippen LogP contribution in [0.25, 0.3) is 0 Å². The number of piperidine rings is 1. The van der Waals surface area contributed by atoms with Crippen LogP contribution in [0, 0.1) is 23.2 Å². The number of hydrogen-bond donors (Lipinski definition) is 2. The van der Waals surface area contributed by atoms with Gasteiger partial charge in [0.25, 0.3) is 0 Å². The van der Waals surface area contributed by atoms with Crippen LogP contribution in [-0.2, 0) is 14.6 Å².